The van der Waals surface area contributed by atoms with E-state index in [4.69, 9.17) is 0 Å². The van der Waals surface area contributed by atoms with Crippen LogP contribution in [0.2, 0.25) is 3.17 Å². The van der Waals surface area contributed by atoms with Crippen LogP contribution in [0.1, 0.15) is 115 Å². The zero-order valence-corrected chi connectivity index (χ0v) is 24.5. The summed E-state index contributed by atoms with van der Waals surface area (Å²) in [6.45, 7) is 14.6. The van der Waals surface area contributed by atoms with Crippen molar-refractivity contribution in [3.05, 3.63) is 62.8 Å². The van der Waals surface area contributed by atoms with Crippen molar-refractivity contribution in [2.24, 2.45) is 0 Å². The van der Waals surface area contributed by atoms with Crippen molar-refractivity contribution in [1.82, 2.24) is 0 Å². The van der Waals surface area contributed by atoms with Crippen LogP contribution >= 0.6 is 0 Å². The van der Waals surface area contributed by atoms with E-state index >= 15 is 0 Å². The summed E-state index contributed by atoms with van der Waals surface area (Å²) in [5.41, 5.74) is 13.1. The second-order valence-corrected chi connectivity index (χ2v) is 18.3. The SMILES string of the molecule is CCCCCCCC[C]1([Hf][C]2(C)C(C)=C(C)C(C)=C2C)C=Cc2cc3c(cc21)CCC3. The molecule has 1 unspecified atom stereocenters. The van der Waals surface area contributed by atoms with Crippen LogP contribution < -0.4 is 0 Å². The topological polar surface area (TPSA) is 0 Å². The first kappa shape index (κ1) is 23.5. The van der Waals surface area contributed by atoms with E-state index in [9.17, 15) is 0 Å². The molecule has 0 heterocycles. The van der Waals surface area contributed by atoms with Crippen molar-refractivity contribution >= 4 is 6.08 Å². The van der Waals surface area contributed by atoms with Gasteiger partial charge in [-0.15, -0.1) is 0 Å². The Kier molecular flexibility index (Phi) is 7.03. The maximum absolute atomic E-state index is 2.71. The van der Waals surface area contributed by atoms with Crippen LogP contribution in [0, 0.1) is 0 Å². The average Bonchev–Trinajstić information content (AvgIpc) is 3.40. The van der Waals surface area contributed by atoms with E-state index in [-0.39, 0.29) is 0 Å². The van der Waals surface area contributed by atoms with Crippen LogP contribution in [0.25, 0.3) is 6.08 Å². The third-order valence-electron chi connectivity index (χ3n) is 8.88. The van der Waals surface area contributed by atoms with Gasteiger partial charge in [-0.25, -0.2) is 0 Å². The number of allylic oxidation sites excluding steroid dienone is 5. The van der Waals surface area contributed by atoms with Crippen molar-refractivity contribution in [1.29, 1.82) is 0 Å². The van der Waals surface area contributed by atoms with Crippen molar-refractivity contribution in [3.63, 3.8) is 0 Å². The second-order valence-electron chi connectivity index (χ2n) is 10.6. The number of benzene rings is 1. The number of aryl methyl sites for hydroxylation is 2. The fourth-order valence-electron chi connectivity index (χ4n) is 6.29. The van der Waals surface area contributed by atoms with Crippen molar-refractivity contribution in [2.45, 2.75) is 112 Å². The van der Waals surface area contributed by atoms with Gasteiger partial charge in [0.2, 0.25) is 0 Å². The number of rotatable bonds is 9. The van der Waals surface area contributed by atoms with E-state index < -0.39 is 22.9 Å². The van der Waals surface area contributed by atoms with E-state index in [0.29, 0.717) is 6.34 Å². The summed E-state index contributed by atoms with van der Waals surface area (Å²) in [6, 6.07) is 5.25. The molecular formula is C30H42Hf. The molecule has 1 aromatic rings. The third kappa shape index (κ3) is 4.18. The molecule has 0 spiro atoms. The van der Waals surface area contributed by atoms with E-state index in [1.165, 1.54) is 64.2 Å². The zero-order valence-electron chi connectivity index (χ0n) is 20.9. The third-order valence-corrected chi connectivity index (χ3v) is 17.4. The number of unbranched alkanes of at least 4 members (excludes halogenated alkanes) is 5. The Morgan fingerprint density at radius 3 is 2.13 bits per heavy atom. The van der Waals surface area contributed by atoms with Gasteiger partial charge in [-0.2, -0.15) is 0 Å². The number of hydrogen-bond acceptors (Lipinski definition) is 0. The summed E-state index contributed by atoms with van der Waals surface area (Å²) in [7, 11) is 0. The molecule has 4 rings (SSSR count). The first-order valence-corrected chi connectivity index (χ1v) is 16.4. The van der Waals surface area contributed by atoms with Gasteiger partial charge in [-0.1, -0.05) is 0 Å². The molecule has 0 aromatic heterocycles. The molecule has 1 atom stereocenters. The fourth-order valence-corrected chi connectivity index (χ4v) is 15.1. The Bertz CT molecular complexity index is 917. The Morgan fingerprint density at radius 2 is 1.45 bits per heavy atom. The van der Waals surface area contributed by atoms with Crippen LogP contribution in [-0.2, 0) is 38.9 Å². The van der Waals surface area contributed by atoms with E-state index in [0.717, 1.165) is 0 Å². The first-order valence-electron chi connectivity index (χ1n) is 12.8. The average molecular weight is 581 g/mol. The van der Waals surface area contributed by atoms with Crippen LogP contribution in [0.5, 0.6) is 0 Å². The monoisotopic (exact) mass is 582 g/mol. The summed E-state index contributed by atoms with van der Waals surface area (Å²) in [6.07, 6.45) is 19.0. The molecule has 0 fully saturated rings. The molecule has 1 aromatic carbocycles. The number of hydrogen-bond donors (Lipinski definition) is 0. The summed E-state index contributed by atoms with van der Waals surface area (Å²) in [5.74, 6) is 0. The molecule has 3 aliphatic carbocycles. The predicted octanol–water partition coefficient (Wildman–Crippen LogP) is 9.10. The Balaban J connectivity index is 1.66. The van der Waals surface area contributed by atoms with Gasteiger partial charge in [-0.05, 0) is 0 Å². The molecule has 0 bridgehead atoms. The molecule has 0 amide bonds. The van der Waals surface area contributed by atoms with Crippen molar-refractivity contribution in [3.8, 4) is 0 Å². The van der Waals surface area contributed by atoms with Gasteiger partial charge in [-0.3, -0.25) is 0 Å². The molecule has 0 aliphatic heterocycles. The normalized spacial score (nSPS) is 23.7. The molecule has 0 N–H and O–H groups in total. The molecule has 1 heteroatoms. The van der Waals surface area contributed by atoms with Gasteiger partial charge >= 0.3 is 204 Å². The molecule has 0 radical (unpaired) electrons. The standard InChI is InChI=1S/C20H27.C10H15.Hf/c1-2-3-4-5-6-7-9-16-12-13-19-14-17-10-8-11-18(17)15-20(16)19;1-6-7(2)9(4)10(5)8(6)3;/h12-15H,2-11H2,1H3;1-5H3;. The van der Waals surface area contributed by atoms with E-state index in [2.05, 4.69) is 65.8 Å². The van der Waals surface area contributed by atoms with Crippen LogP contribution in [0.4, 0.5) is 0 Å². The van der Waals surface area contributed by atoms with Gasteiger partial charge in [0.05, 0.1) is 0 Å². The first-order chi connectivity index (χ1) is 14.8. The molecule has 166 valence electrons. The van der Waals surface area contributed by atoms with Gasteiger partial charge in [0.1, 0.15) is 0 Å². The molecule has 31 heavy (non-hydrogen) atoms. The Morgan fingerprint density at radius 1 is 0.839 bits per heavy atom. The summed E-state index contributed by atoms with van der Waals surface area (Å²) in [4.78, 5) is 0. The maximum atomic E-state index is 2.71. The van der Waals surface area contributed by atoms with Crippen molar-refractivity contribution in [2.75, 3.05) is 0 Å². The van der Waals surface area contributed by atoms with Crippen molar-refractivity contribution < 1.29 is 22.9 Å². The fraction of sp³-hybridized carbons (Fsp3) is 0.600. The summed E-state index contributed by atoms with van der Waals surface area (Å²) >= 11 is -1.15. The van der Waals surface area contributed by atoms with Gasteiger partial charge in [0.25, 0.3) is 0 Å². The van der Waals surface area contributed by atoms with Gasteiger partial charge < -0.3 is 0 Å². The summed E-state index contributed by atoms with van der Waals surface area (Å²) < 4.78 is 0.765. The van der Waals surface area contributed by atoms with Crippen LogP contribution in [-0.4, -0.2) is 0 Å². The van der Waals surface area contributed by atoms with Gasteiger partial charge in [0.15, 0.2) is 0 Å². The predicted molar refractivity (Wildman–Crippen MR) is 132 cm³/mol. The quantitative estimate of drug-likeness (QED) is 0.202. The zero-order chi connectivity index (χ0) is 22.2. The minimum absolute atomic E-state index is 0.376. The van der Waals surface area contributed by atoms with Crippen LogP contribution in [0.15, 0.2) is 40.5 Å². The Hall–Kier alpha value is -0.690. The van der Waals surface area contributed by atoms with E-state index in [1.54, 1.807) is 44.5 Å². The summed E-state index contributed by atoms with van der Waals surface area (Å²) in [5, 5.41) is 0. The van der Waals surface area contributed by atoms with E-state index in [1.807, 2.05) is 0 Å². The Labute approximate surface area is 203 Å². The van der Waals surface area contributed by atoms with Gasteiger partial charge in [0, 0.05) is 0 Å². The molecule has 0 saturated carbocycles. The number of fused-ring (bicyclic) bond motifs is 2. The molecule has 0 nitrogen and oxygen atoms in total. The molecular weight excluding hydrogens is 539 g/mol. The minimum atomic E-state index is -1.15. The van der Waals surface area contributed by atoms with Crippen LogP contribution in [0.3, 0.4) is 0 Å². The second kappa shape index (κ2) is 9.28. The molecule has 3 aliphatic rings. The molecule has 0 saturated heterocycles.